The van der Waals surface area contributed by atoms with Crippen molar-refractivity contribution < 1.29 is 14.3 Å². The summed E-state index contributed by atoms with van der Waals surface area (Å²) < 4.78 is 1.89. The number of aryl methyl sites for hydroxylation is 1. The van der Waals surface area contributed by atoms with Crippen molar-refractivity contribution in [2.75, 3.05) is 0 Å². The van der Waals surface area contributed by atoms with E-state index in [4.69, 9.17) is 0 Å². The molecular formula is C18H16BrN2O3+. The van der Waals surface area contributed by atoms with Crippen LogP contribution < -0.4 is 4.57 Å². The standard InChI is InChI=1S/C18H15N2O3.BrH/c1-13-10-11-19(17-5-3-2-4-16(13)17)12-18(21)14-6-8-15(9-7-14)20(22)23;/h2-11H,12H2,1H3;1H/q+1;. The van der Waals surface area contributed by atoms with Crippen LogP contribution in [-0.2, 0) is 6.54 Å². The third-order valence-electron chi connectivity index (χ3n) is 3.86. The zero-order valence-corrected chi connectivity index (χ0v) is 14.7. The molecule has 122 valence electrons. The Labute approximate surface area is 149 Å². The Morgan fingerprint density at radius 1 is 1.08 bits per heavy atom. The van der Waals surface area contributed by atoms with Crippen molar-refractivity contribution in [2.24, 2.45) is 0 Å². The predicted octanol–water partition coefficient (Wildman–Crippen LogP) is 3.80. The summed E-state index contributed by atoms with van der Waals surface area (Å²) in [6, 6.07) is 15.6. The molecule has 0 aliphatic rings. The summed E-state index contributed by atoms with van der Waals surface area (Å²) in [7, 11) is 0. The molecule has 0 amide bonds. The molecule has 0 atom stereocenters. The van der Waals surface area contributed by atoms with Gasteiger partial charge in [-0.2, -0.15) is 4.57 Å². The van der Waals surface area contributed by atoms with E-state index in [2.05, 4.69) is 0 Å². The largest absolute Gasteiger partial charge is 0.287 e. The first-order valence-electron chi connectivity index (χ1n) is 7.22. The summed E-state index contributed by atoms with van der Waals surface area (Å²) in [6.45, 7) is 2.23. The molecule has 24 heavy (non-hydrogen) atoms. The number of carbonyl (C=O) groups excluding carboxylic acids is 1. The zero-order chi connectivity index (χ0) is 16.4. The highest BCUT2D eigenvalue weighted by molar-refractivity contribution is 8.93. The molecule has 0 N–H and O–H groups in total. The first kappa shape index (κ1) is 17.7. The van der Waals surface area contributed by atoms with E-state index in [9.17, 15) is 14.9 Å². The Morgan fingerprint density at radius 2 is 1.75 bits per heavy atom. The lowest BCUT2D eigenvalue weighted by molar-refractivity contribution is -0.657. The van der Waals surface area contributed by atoms with Crippen molar-refractivity contribution in [2.45, 2.75) is 13.5 Å². The van der Waals surface area contributed by atoms with E-state index in [1.54, 1.807) is 0 Å². The third-order valence-corrected chi connectivity index (χ3v) is 3.86. The number of hydrogen-bond donors (Lipinski definition) is 0. The van der Waals surface area contributed by atoms with Crippen molar-refractivity contribution in [3.8, 4) is 0 Å². The summed E-state index contributed by atoms with van der Waals surface area (Å²) in [5.41, 5.74) is 2.59. The van der Waals surface area contributed by atoms with Gasteiger partial charge in [-0.25, -0.2) is 0 Å². The van der Waals surface area contributed by atoms with Gasteiger partial charge in [-0.1, -0.05) is 12.1 Å². The highest BCUT2D eigenvalue weighted by atomic mass is 79.9. The molecule has 3 rings (SSSR count). The van der Waals surface area contributed by atoms with E-state index in [0.29, 0.717) is 5.56 Å². The number of fused-ring (bicyclic) bond motifs is 1. The molecule has 5 nitrogen and oxygen atoms in total. The van der Waals surface area contributed by atoms with E-state index in [1.807, 2.05) is 48.0 Å². The maximum Gasteiger partial charge on any atom is 0.269 e. The van der Waals surface area contributed by atoms with Gasteiger partial charge in [0.25, 0.3) is 5.69 Å². The van der Waals surface area contributed by atoms with E-state index in [-0.39, 0.29) is 35.0 Å². The van der Waals surface area contributed by atoms with Gasteiger partial charge in [0.1, 0.15) is 0 Å². The van der Waals surface area contributed by atoms with Crippen LogP contribution in [0.5, 0.6) is 0 Å². The molecule has 0 unspecified atom stereocenters. The van der Waals surface area contributed by atoms with Gasteiger partial charge in [-0.15, -0.1) is 17.0 Å². The number of benzene rings is 2. The van der Waals surface area contributed by atoms with Crippen molar-refractivity contribution in [3.63, 3.8) is 0 Å². The summed E-state index contributed by atoms with van der Waals surface area (Å²) in [5.74, 6) is -0.0843. The van der Waals surface area contributed by atoms with Gasteiger partial charge in [0.05, 0.1) is 4.92 Å². The lowest BCUT2D eigenvalue weighted by Gasteiger charge is -2.03. The SMILES string of the molecule is Br.Cc1cc[n+](CC(=O)c2ccc([N+](=O)[O-])cc2)c2ccccc12. The second kappa shape index (κ2) is 7.31. The molecule has 0 saturated heterocycles. The minimum atomic E-state index is -0.476. The number of carbonyl (C=O) groups is 1. The van der Waals surface area contributed by atoms with Crippen molar-refractivity contribution in [1.29, 1.82) is 0 Å². The normalized spacial score (nSPS) is 10.2. The third kappa shape index (κ3) is 3.49. The second-order valence-electron chi connectivity index (χ2n) is 5.37. The fourth-order valence-corrected chi connectivity index (χ4v) is 2.58. The van der Waals surface area contributed by atoms with E-state index < -0.39 is 4.92 Å². The first-order chi connectivity index (χ1) is 11.1. The number of hydrogen-bond acceptors (Lipinski definition) is 3. The quantitative estimate of drug-likeness (QED) is 0.296. The number of nitro groups is 1. The first-order valence-corrected chi connectivity index (χ1v) is 7.22. The van der Waals surface area contributed by atoms with Crippen LogP contribution in [0, 0.1) is 17.0 Å². The van der Waals surface area contributed by atoms with Gasteiger partial charge in [0.15, 0.2) is 6.20 Å². The number of ketones is 1. The number of halogens is 1. The highest BCUT2D eigenvalue weighted by Crippen LogP contribution is 2.15. The molecule has 0 aliphatic heterocycles. The predicted molar refractivity (Wildman–Crippen MR) is 96.6 cm³/mol. The number of rotatable bonds is 4. The monoisotopic (exact) mass is 387 g/mol. The van der Waals surface area contributed by atoms with Gasteiger partial charge in [-0.3, -0.25) is 14.9 Å². The maximum absolute atomic E-state index is 12.4. The van der Waals surface area contributed by atoms with Crippen molar-refractivity contribution in [3.05, 3.63) is 82.0 Å². The molecule has 1 heterocycles. The van der Waals surface area contributed by atoms with Gasteiger partial charge >= 0.3 is 0 Å². The van der Waals surface area contributed by atoms with Gasteiger partial charge in [-0.05, 0) is 30.7 Å². The maximum atomic E-state index is 12.4. The molecular weight excluding hydrogens is 372 g/mol. The fraction of sp³-hybridized carbons (Fsp3) is 0.111. The molecule has 0 spiro atoms. The summed E-state index contributed by atoms with van der Waals surface area (Å²) in [6.07, 6.45) is 1.89. The van der Waals surface area contributed by atoms with Crippen LogP contribution in [0.4, 0.5) is 5.69 Å². The number of nitrogens with zero attached hydrogens (tertiary/aromatic N) is 2. The van der Waals surface area contributed by atoms with Gasteiger partial charge in [0, 0.05) is 35.2 Å². The fourth-order valence-electron chi connectivity index (χ4n) is 2.58. The van der Waals surface area contributed by atoms with Crippen molar-refractivity contribution >= 4 is 39.4 Å². The minimum Gasteiger partial charge on any atom is -0.287 e. The molecule has 1 aromatic heterocycles. The Morgan fingerprint density at radius 3 is 2.42 bits per heavy atom. The number of para-hydroxylation sites is 1. The topological polar surface area (TPSA) is 64.1 Å². The molecule has 6 heteroatoms. The Balaban J connectivity index is 0.00000208. The molecule has 0 fully saturated rings. The van der Waals surface area contributed by atoms with Gasteiger partial charge < -0.3 is 0 Å². The molecule has 2 aromatic carbocycles. The Bertz CT molecular complexity index is 908. The van der Waals surface area contributed by atoms with Crippen LogP contribution in [0.25, 0.3) is 10.9 Å². The van der Waals surface area contributed by atoms with Crippen molar-refractivity contribution in [1.82, 2.24) is 0 Å². The van der Waals surface area contributed by atoms with Crippen LogP contribution in [0.15, 0.2) is 60.8 Å². The summed E-state index contributed by atoms with van der Waals surface area (Å²) in [4.78, 5) is 22.6. The molecule has 0 saturated carbocycles. The van der Waals surface area contributed by atoms with Crippen LogP contribution in [0.1, 0.15) is 15.9 Å². The zero-order valence-electron chi connectivity index (χ0n) is 13.0. The number of nitro benzene ring substituents is 1. The van der Waals surface area contributed by atoms with Crippen LogP contribution >= 0.6 is 17.0 Å². The van der Waals surface area contributed by atoms with Crippen LogP contribution in [0.2, 0.25) is 0 Å². The molecule has 0 radical (unpaired) electrons. The van der Waals surface area contributed by atoms with Crippen LogP contribution in [-0.4, -0.2) is 10.7 Å². The lowest BCUT2D eigenvalue weighted by atomic mass is 10.1. The van der Waals surface area contributed by atoms with E-state index in [0.717, 1.165) is 16.5 Å². The smallest absolute Gasteiger partial charge is 0.269 e. The molecule has 0 bridgehead atoms. The number of aromatic nitrogens is 1. The van der Waals surface area contributed by atoms with Gasteiger partial charge in [0.2, 0.25) is 17.8 Å². The number of non-ortho nitro benzene ring substituents is 1. The second-order valence-corrected chi connectivity index (χ2v) is 5.37. The van der Waals surface area contributed by atoms with Crippen LogP contribution in [0.3, 0.4) is 0 Å². The molecule has 3 aromatic rings. The Kier molecular flexibility index (Phi) is 5.41. The number of pyridine rings is 1. The summed E-state index contributed by atoms with van der Waals surface area (Å²) in [5, 5.41) is 11.8. The lowest BCUT2D eigenvalue weighted by Crippen LogP contribution is -2.38. The highest BCUT2D eigenvalue weighted by Gasteiger charge is 2.17. The molecule has 0 aliphatic carbocycles. The average molecular weight is 388 g/mol. The average Bonchev–Trinajstić information content (AvgIpc) is 2.57. The minimum absolute atomic E-state index is 0. The van der Waals surface area contributed by atoms with E-state index >= 15 is 0 Å². The number of Topliss-reactive ketones (excluding diaryl/α,β-unsaturated/α-hetero) is 1. The van der Waals surface area contributed by atoms with E-state index in [1.165, 1.54) is 24.3 Å². The summed E-state index contributed by atoms with van der Waals surface area (Å²) >= 11 is 0. The Hall–Kier alpha value is -2.60.